The van der Waals surface area contributed by atoms with Crippen molar-refractivity contribution in [2.45, 2.75) is 13.3 Å². The molecular weight excluding hydrogens is 396 g/mol. The summed E-state index contributed by atoms with van der Waals surface area (Å²) < 4.78 is 0.790. The number of nitrogens with zero attached hydrogens (tertiary/aromatic N) is 1. The topological polar surface area (TPSA) is 73.5 Å². The highest BCUT2D eigenvalue weighted by atomic mass is 79.9. The fraction of sp³-hybridized carbons (Fsp3) is 0.263. The van der Waals surface area contributed by atoms with Crippen molar-refractivity contribution in [3.63, 3.8) is 0 Å². The van der Waals surface area contributed by atoms with Crippen LogP contribution in [0.15, 0.2) is 46.9 Å². The molecule has 3 N–H and O–H groups in total. The van der Waals surface area contributed by atoms with Gasteiger partial charge in [-0.25, -0.2) is 4.79 Å². The van der Waals surface area contributed by atoms with Crippen LogP contribution in [-0.4, -0.2) is 32.6 Å². The Balaban J connectivity index is 2.17. The first kappa shape index (κ1) is 19.8. The Labute approximate surface area is 162 Å². The molecule has 0 saturated heterocycles. The zero-order valence-corrected chi connectivity index (χ0v) is 16.7. The second-order valence-electron chi connectivity index (χ2n) is 5.94. The van der Waals surface area contributed by atoms with Crippen molar-refractivity contribution >= 4 is 44.9 Å². The molecule has 2 aromatic rings. The lowest BCUT2D eigenvalue weighted by Gasteiger charge is -2.18. The molecule has 0 saturated carbocycles. The van der Waals surface area contributed by atoms with E-state index in [1.807, 2.05) is 50.2 Å². The number of hydrogen-bond acceptors (Lipinski definition) is 3. The van der Waals surface area contributed by atoms with Crippen molar-refractivity contribution < 1.29 is 9.59 Å². The van der Waals surface area contributed by atoms with Gasteiger partial charge in [0.25, 0.3) is 5.91 Å². The maximum atomic E-state index is 12.4. The summed E-state index contributed by atoms with van der Waals surface area (Å²) in [6.45, 7) is 2.60. The minimum atomic E-state index is -0.380. The highest BCUT2D eigenvalue weighted by Gasteiger charge is 2.14. The number of amides is 3. The summed E-state index contributed by atoms with van der Waals surface area (Å²) >= 11 is 3.39. The standard InChI is InChI=1S/C19H23BrN4O2/c1-4-11-21-18(25)14-12-13(9-10-17(14)24(2)3)22-19(26)23-16-8-6-5-7-15(16)20/h5-10,12H,4,11H2,1-3H3,(H,21,25)(H2,22,23,26). The van der Waals surface area contributed by atoms with E-state index in [-0.39, 0.29) is 11.9 Å². The molecule has 0 radical (unpaired) electrons. The predicted octanol–water partition coefficient (Wildman–Crippen LogP) is 4.30. The SMILES string of the molecule is CCCNC(=O)c1cc(NC(=O)Nc2ccccc2Br)ccc1N(C)C. The Kier molecular flexibility index (Phi) is 7.03. The van der Waals surface area contributed by atoms with Crippen LogP contribution in [-0.2, 0) is 0 Å². The van der Waals surface area contributed by atoms with Gasteiger partial charge in [0.15, 0.2) is 0 Å². The van der Waals surface area contributed by atoms with E-state index in [9.17, 15) is 9.59 Å². The largest absolute Gasteiger partial charge is 0.377 e. The molecule has 0 aliphatic heterocycles. The van der Waals surface area contributed by atoms with Gasteiger partial charge in [0.2, 0.25) is 0 Å². The molecule has 0 bridgehead atoms. The van der Waals surface area contributed by atoms with Gasteiger partial charge in [-0.2, -0.15) is 0 Å². The Morgan fingerprint density at radius 3 is 2.46 bits per heavy atom. The fourth-order valence-electron chi connectivity index (χ4n) is 2.37. The van der Waals surface area contributed by atoms with E-state index in [2.05, 4.69) is 31.9 Å². The van der Waals surface area contributed by atoms with Crippen LogP contribution in [0.2, 0.25) is 0 Å². The maximum absolute atomic E-state index is 12.4. The molecule has 0 aliphatic carbocycles. The lowest BCUT2D eigenvalue weighted by molar-refractivity contribution is 0.0954. The predicted molar refractivity (Wildman–Crippen MR) is 110 cm³/mol. The minimum absolute atomic E-state index is 0.162. The van der Waals surface area contributed by atoms with E-state index < -0.39 is 0 Å². The molecule has 7 heteroatoms. The normalized spacial score (nSPS) is 10.2. The molecule has 0 aromatic heterocycles. The van der Waals surface area contributed by atoms with Gasteiger partial charge >= 0.3 is 6.03 Å². The number of carbonyl (C=O) groups is 2. The summed E-state index contributed by atoms with van der Waals surface area (Å²) in [5.41, 5.74) is 2.51. The Morgan fingerprint density at radius 1 is 1.08 bits per heavy atom. The quantitative estimate of drug-likeness (QED) is 0.654. The minimum Gasteiger partial charge on any atom is -0.377 e. The molecule has 0 unspecified atom stereocenters. The highest BCUT2D eigenvalue weighted by molar-refractivity contribution is 9.10. The van der Waals surface area contributed by atoms with Crippen LogP contribution < -0.4 is 20.9 Å². The number of hydrogen-bond donors (Lipinski definition) is 3. The van der Waals surface area contributed by atoms with Gasteiger partial charge < -0.3 is 20.9 Å². The fourth-order valence-corrected chi connectivity index (χ4v) is 2.75. The molecule has 138 valence electrons. The second kappa shape index (κ2) is 9.24. The molecule has 0 spiro atoms. The average Bonchev–Trinajstić information content (AvgIpc) is 2.61. The summed E-state index contributed by atoms with van der Waals surface area (Å²) in [5, 5.41) is 8.41. The zero-order valence-electron chi connectivity index (χ0n) is 15.1. The van der Waals surface area contributed by atoms with Gasteiger partial charge in [0.1, 0.15) is 0 Å². The molecule has 6 nitrogen and oxygen atoms in total. The smallest absolute Gasteiger partial charge is 0.323 e. The average molecular weight is 419 g/mol. The van der Waals surface area contributed by atoms with Crippen molar-refractivity contribution in [3.05, 3.63) is 52.5 Å². The van der Waals surface area contributed by atoms with Crippen LogP contribution in [0.4, 0.5) is 21.9 Å². The van der Waals surface area contributed by atoms with Gasteiger partial charge in [-0.15, -0.1) is 0 Å². The highest BCUT2D eigenvalue weighted by Crippen LogP contribution is 2.24. The van der Waals surface area contributed by atoms with E-state index >= 15 is 0 Å². The number of benzene rings is 2. The van der Waals surface area contributed by atoms with Gasteiger partial charge in [0, 0.05) is 36.5 Å². The summed E-state index contributed by atoms with van der Waals surface area (Å²) in [5.74, 6) is -0.162. The number of rotatable bonds is 6. The van der Waals surface area contributed by atoms with Crippen LogP contribution in [0.5, 0.6) is 0 Å². The van der Waals surface area contributed by atoms with E-state index in [1.165, 1.54) is 0 Å². The van der Waals surface area contributed by atoms with E-state index in [4.69, 9.17) is 0 Å². The molecule has 2 aromatic carbocycles. The van der Waals surface area contributed by atoms with Gasteiger partial charge in [-0.05, 0) is 52.7 Å². The number of urea groups is 1. The van der Waals surface area contributed by atoms with E-state index in [0.29, 0.717) is 23.5 Å². The van der Waals surface area contributed by atoms with Crippen LogP contribution >= 0.6 is 15.9 Å². The number of carbonyl (C=O) groups excluding carboxylic acids is 2. The molecular formula is C19H23BrN4O2. The van der Waals surface area contributed by atoms with E-state index in [0.717, 1.165) is 16.6 Å². The number of halogens is 1. The van der Waals surface area contributed by atoms with Crippen molar-refractivity contribution in [1.82, 2.24) is 5.32 Å². The molecule has 3 amide bonds. The lowest BCUT2D eigenvalue weighted by Crippen LogP contribution is -2.27. The number of para-hydroxylation sites is 1. The van der Waals surface area contributed by atoms with Gasteiger partial charge in [0.05, 0.1) is 11.3 Å². The number of anilines is 3. The van der Waals surface area contributed by atoms with Crippen LogP contribution in [0.25, 0.3) is 0 Å². The summed E-state index contributed by atoms with van der Waals surface area (Å²) in [4.78, 5) is 26.5. The summed E-state index contributed by atoms with van der Waals surface area (Å²) in [6, 6.07) is 12.2. The van der Waals surface area contributed by atoms with Crippen molar-refractivity contribution in [3.8, 4) is 0 Å². The molecule has 0 heterocycles. The zero-order chi connectivity index (χ0) is 19.1. The van der Waals surface area contributed by atoms with Crippen LogP contribution in [0.1, 0.15) is 23.7 Å². The molecule has 2 rings (SSSR count). The third kappa shape index (κ3) is 5.23. The Morgan fingerprint density at radius 2 is 1.81 bits per heavy atom. The second-order valence-corrected chi connectivity index (χ2v) is 6.80. The number of nitrogens with one attached hydrogen (secondary N) is 3. The summed E-state index contributed by atoms with van der Waals surface area (Å²) in [7, 11) is 3.75. The summed E-state index contributed by atoms with van der Waals surface area (Å²) in [6.07, 6.45) is 0.856. The Hall–Kier alpha value is -2.54. The molecule has 26 heavy (non-hydrogen) atoms. The van der Waals surface area contributed by atoms with Crippen molar-refractivity contribution in [1.29, 1.82) is 0 Å². The first-order valence-corrected chi connectivity index (χ1v) is 9.13. The monoisotopic (exact) mass is 418 g/mol. The van der Waals surface area contributed by atoms with Crippen LogP contribution in [0, 0.1) is 0 Å². The van der Waals surface area contributed by atoms with Gasteiger partial charge in [-0.3, -0.25) is 4.79 Å². The van der Waals surface area contributed by atoms with Crippen molar-refractivity contribution in [2.75, 3.05) is 36.2 Å². The third-order valence-electron chi connectivity index (χ3n) is 3.64. The van der Waals surface area contributed by atoms with Gasteiger partial charge in [-0.1, -0.05) is 19.1 Å². The molecule has 0 atom stereocenters. The molecule has 0 fully saturated rings. The third-order valence-corrected chi connectivity index (χ3v) is 4.33. The van der Waals surface area contributed by atoms with E-state index in [1.54, 1.807) is 18.2 Å². The first-order chi connectivity index (χ1) is 12.4. The van der Waals surface area contributed by atoms with Crippen LogP contribution in [0.3, 0.4) is 0 Å². The lowest BCUT2D eigenvalue weighted by atomic mass is 10.1. The Bertz CT molecular complexity index is 793. The molecule has 0 aliphatic rings. The maximum Gasteiger partial charge on any atom is 0.323 e. The first-order valence-electron chi connectivity index (χ1n) is 8.34. The van der Waals surface area contributed by atoms with Crippen molar-refractivity contribution in [2.24, 2.45) is 0 Å².